The minimum Gasteiger partial charge on any atom is -0.366 e. The zero-order valence-corrected chi connectivity index (χ0v) is 12.3. The molecule has 0 bridgehead atoms. The Bertz CT molecular complexity index is 626. The highest BCUT2D eigenvalue weighted by atomic mass is 16.7. The Kier molecular flexibility index (Phi) is 3.52. The number of nitrogens with zero attached hydrogens (tertiary/aromatic N) is 1. The molecule has 2 aromatic carbocycles. The molecule has 0 saturated carbocycles. The standard InChI is InChI=1S/C18H19NO2/c1-14-18(2,16-11-7-4-8-12-16)17(20)21-19(14)13-15-9-5-3-6-10-15/h3-12,14H,13H2,1-2H3/t14-,18+/m1/s1. The second-order valence-electron chi connectivity index (χ2n) is 5.68. The van der Waals surface area contributed by atoms with E-state index in [2.05, 4.69) is 0 Å². The summed E-state index contributed by atoms with van der Waals surface area (Å²) in [7, 11) is 0. The van der Waals surface area contributed by atoms with Gasteiger partial charge in [0.25, 0.3) is 0 Å². The molecule has 1 saturated heterocycles. The van der Waals surface area contributed by atoms with Crippen molar-refractivity contribution in [2.45, 2.75) is 31.8 Å². The zero-order chi connectivity index (χ0) is 14.9. The number of carbonyl (C=O) groups is 1. The maximum absolute atomic E-state index is 12.4. The van der Waals surface area contributed by atoms with Gasteiger partial charge in [-0.15, -0.1) is 5.06 Å². The van der Waals surface area contributed by atoms with Gasteiger partial charge >= 0.3 is 5.97 Å². The van der Waals surface area contributed by atoms with Gasteiger partial charge in [-0.1, -0.05) is 60.7 Å². The monoisotopic (exact) mass is 281 g/mol. The van der Waals surface area contributed by atoms with Crippen LogP contribution in [0.25, 0.3) is 0 Å². The summed E-state index contributed by atoms with van der Waals surface area (Å²) >= 11 is 0. The summed E-state index contributed by atoms with van der Waals surface area (Å²) in [6, 6.07) is 19.9. The third-order valence-corrected chi connectivity index (χ3v) is 4.45. The zero-order valence-electron chi connectivity index (χ0n) is 12.3. The summed E-state index contributed by atoms with van der Waals surface area (Å²) in [5.41, 5.74) is 1.50. The Labute approximate surface area is 125 Å². The predicted molar refractivity (Wildman–Crippen MR) is 81.3 cm³/mol. The van der Waals surface area contributed by atoms with Crippen molar-refractivity contribution >= 4 is 5.97 Å². The Hall–Kier alpha value is -2.13. The van der Waals surface area contributed by atoms with Gasteiger partial charge in [-0.2, -0.15) is 0 Å². The summed E-state index contributed by atoms with van der Waals surface area (Å²) in [5.74, 6) is -0.183. The highest BCUT2D eigenvalue weighted by Gasteiger charge is 2.52. The van der Waals surface area contributed by atoms with Crippen LogP contribution in [-0.2, 0) is 21.6 Å². The first-order valence-corrected chi connectivity index (χ1v) is 7.21. The van der Waals surface area contributed by atoms with Gasteiger partial charge in [0.05, 0.1) is 12.6 Å². The molecule has 0 amide bonds. The van der Waals surface area contributed by atoms with Crippen LogP contribution >= 0.6 is 0 Å². The fraction of sp³-hybridized carbons (Fsp3) is 0.278. The first kappa shape index (κ1) is 13.8. The summed E-state index contributed by atoms with van der Waals surface area (Å²) in [5, 5.41) is 1.78. The summed E-state index contributed by atoms with van der Waals surface area (Å²) < 4.78 is 0. The van der Waals surface area contributed by atoms with Crippen LogP contribution < -0.4 is 0 Å². The predicted octanol–water partition coefficient (Wildman–Crippen LogP) is 3.31. The Morgan fingerprint density at radius 3 is 2.24 bits per heavy atom. The van der Waals surface area contributed by atoms with Crippen LogP contribution in [-0.4, -0.2) is 17.1 Å². The Morgan fingerprint density at radius 2 is 1.62 bits per heavy atom. The lowest BCUT2D eigenvalue weighted by Crippen LogP contribution is -2.40. The number of carbonyl (C=O) groups excluding carboxylic acids is 1. The molecular formula is C18H19NO2. The largest absolute Gasteiger partial charge is 0.366 e. The molecule has 1 aliphatic heterocycles. The quantitative estimate of drug-likeness (QED) is 0.864. The number of rotatable bonds is 3. The second kappa shape index (κ2) is 5.34. The molecule has 108 valence electrons. The third kappa shape index (κ3) is 2.34. The molecule has 2 atom stereocenters. The van der Waals surface area contributed by atoms with E-state index < -0.39 is 5.41 Å². The van der Waals surface area contributed by atoms with Crippen molar-refractivity contribution in [1.29, 1.82) is 0 Å². The summed E-state index contributed by atoms with van der Waals surface area (Å²) in [6.07, 6.45) is 0. The Morgan fingerprint density at radius 1 is 1.05 bits per heavy atom. The molecule has 1 heterocycles. The van der Waals surface area contributed by atoms with E-state index in [1.807, 2.05) is 74.5 Å². The van der Waals surface area contributed by atoms with E-state index in [-0.39, 0.29) is 12.0 Å². The van der Waals surface area contributed by atoms with Gasteiger partial charge in [-0.05, 0) is 25.0 Å². The van der Waals surface area contributed by atoms with Crippen molar-refractivity contribution in [3.63, 3.8) is 0 Å². The van der Waals surface area contributed by atoms with Crippen LogP contribution in [0.15, 0.2) is 60.7 Å². The summed E-state index contributed by atoms with van der Waals surface area (Å²) in [6.45, 7) is 4.61. The van der Waals surface area contributed by atoms with E-state index in [0.29, 0.717) is 6.54 Å². The van der Waals surface area contributed by atoms with E-state index in [0.717, 1.165) is 11.1 Å². The fourth-order valence-corrected chi connectivity index (χ4v) is 2.81. The minimum atomic E-state index is -0.629. The molecule has 21 heavy (non-hydrogen) atoms. The molecule has 0 aliphatic carbocycles. The van der Waals surface area contributed by atoms with Crippen molar-refractivity contribution in [1.82, 2.24) is 5.06 Å². The van der Waals surface area contributed by atoms with Crippen LogP contribution in [0.2, 0.25) is 0 Å². The summed E-state index contributed by atoms with van der Waals surface area (Å²) in [4.78, 5) is 18.0. The van der Waals surface area contributed by atoms with Crippen LogP contribution in [0, 0.1) is 0 Å². The number of benzene rings is 2. The fourth-order valence-electron chi connectivity index (χ4n) is 2.81. The molecule has 2 aromatic rings. The Balaban J connectivity index is 1.87. The molecule has 0 spiro atoms. The van der Waals surface area contributed by atoms with Gasteiger partial charge in [-0.25, -0.2) is 4.79 Å². The smallest absolute Gasteiger partial charge is 0.336 e. The third-order valence-electron chi connectivity index (χ3n) is 4.45. The van der Waals surface area contributed by atoms with Crippen molar-refractivity contribution in [3.05, 3.63) is 71.8 Å². The highest BCUT2D eigenvalue weighted by molar-refractivity contribution is 5.85. The highest BCUT2D eigenvalue weighted by Crippen LogP contribution is 2.38. The van der Waals surface area contributed by atoms with Crippen LogP contribution in [0.4, 0.5) is 0 Å². The lowest BCUT2D eigenvalue weighted by atomic mass is 9.77. The topological polar surface area (TPSA) is 29.5 Å². The molecular weight excluding hydrogens is 262 g/mol. The van der Waals surface area contributed by atoms with Crippen molar-refractivity contribution in [2.24, 2.45) is 0 Å². The first-order valence-electron chi connectivity index (χ1n) is 7.21. The van der Waals surface area contributed by atoms with Gasteiger partial charge in [0.1, 0.15) is 5.41 Å². The van der Waals surface area contributed by atoms with Gasteiger partial charge in [0.2, 0.25) is 0 Å². The molecule has 0 radical (unpaired) electrons. The maximum atomic E-state index is 12.4. The molecule has 0 aromatic heterocycles. The van der Waals surface area contributed by atoms with Gasteiger partial charge in [0, 0.05) is 0 Å². The average Bonchev–Trinajstić information content (AvgIpc) is 2.74. The lowest BCUT2D eigenvalue weighted by molar-refractivity contribution is -0.177. The number of hydrogen-bond acceptors (Lipinski definition) is 3. The van der Waals surface area contributed by atoms with Gasteiger partial charge in [0.15, 0.2) is 0 Å². The molecule has 3 nitrogen and oxygen atoms in total. The molecule has 3 heteroatoms. The van der Waals surface area contributed by atoms with Crippen molar-refractivity contribution in [2.75, 3.05) is 0 Å². The SMILES string of the molecule is C[C@H]1N(Cc2ccccc2)OC(=O)[C@]1(C)c1ccccc1. The van der Waals surface area contributed by atoms with Crippen LogP contribution in [0.5, 0.6) is 0 Å². The van der Waals surface area contributed by atoms with Gasteiger partial charge < -0.3 is 4.84 Å². The van der Waals surface area contributed by atoms with Crippen molar-refractivity contribution in [3.8, 4) is 0 Å². The molecule has 0 N–H and O–H groups in total. The minimum absolute atomic E-state index is 0.0207. The normalized spacial score (nSPS) is 25.8. The number of hydroxylamine groups is 2. The molecule has 1 aliphatic rings. The van der Waals surface area contributed by atoms with E-state index in [9.17, 15) is 4.79 Å². The number of hydrogen-bond donors (Lipinski definition) is 0. The molecule has 3 rings (SSSR count). The van der Waals surface area contributed by atoms with E-state index in [4.69, 9.17) is 4.84 Å². The molecule has 0 unspecified atom stereocenters. The maximum Gasteiger partial charge on any atom is 0.336 e. The first-order chi connectivity index (χ1) is 10.1. The van der Waals surface area contributed by atoms with Gasteiger partial charge in [-0.3, -0.25) is 0 Å². The van der Waals surface area contributed by atoms with Crippen molar-refractivity contribution < 1.29 is 9.63 Å². The average molecular weight is 281 g/mol. The molecule has 1 fully saturated rings. The van der Waals surface area contributed by atoms with Crippen LogP contribution in [0.3, 0.4) is 0 Å². The van der Waals surface area contributed by atoms with Crippen LogP contribution in [0.1, 0.15) is 25.0 Å². The van der Waals surface area contributed by atoms with E-state index >= 15 is 0 Å². The lowest BCUT2D eigenvalue weighted by Gasteiger charge is -2.27. The van der Waals surface area contributed by atoms with E-state index in [1.165, 1.54) is 0 Å². The second-order valence-corrected chi connectivity index (χ2v) is 5.68. The van der Waals surface area contributed by atoms with E-state index in [1.54, 1.807) is 5.06 Å².